The molecule has 0 heterocycles. The second kappa shape index (κ2) is 11.7. The summed E-state index contributed by atoms with van der Waals surface area (Å²) in [4.78, 5) is 12.9. The molecule has 8 heteroatoms. The number of nitrogens with zero attached hydrogens (tertiary/aromatic N) is 1. The van der Waals surface area contributed by atoms with Crippen LogP contribution in [0.5, 0.6) is 0 Å². The number of nitrogens with one attached hydrogen (secondary N) is 1. The molecule has 3 aromatic carbocycles. The number of sulfonamides is 1. The Morgan fingerprint density at radius 1 is 0.970 bits per heavy atom. The van der Waals surface area contributed by atoms with E-state index in [0.717, 1.165) is 17.1 Å². The van der Waals surface area contributed by atoms with Gasteiger partial charge in [-0.15, -0.1) is 0 Å². The zero-order valence-electron chi connectivity index (χ0n) is 18.2. The zero-order valence-corrected chi connectivity index (χ0v) is 20.6. The Bertz CT molecular complexity index is 1170. The molecule has 0 spiro atoms. The number of halogens is 2. The van der Waals surface area contributed by atoms with Crippen molar-refractivity contribution in [1.29, 1.82) is 0 Å². The minimum atomic E-state index is -3.93. The van der Waals surface area contributed by atoms with Gasteiger partial charge in [-0.3, -0.25) is 4.79 Å². The van der Waals surface area contributed by atoms with Gasteiger partial charge in [-0.05, 0) is 55.2 Å². The third-order valence-electron chi connectivity index (χ3n) is 5.18. The molecule has 174 valence electrons. The standard InChI is InChI=1S/C25H26Cl2N2O3S/c1-19(12-13-20-8-4-2-5-9-20)28-25(30)18-29(17-21-14-15-22(26)16-24(21)27)33(31,32)23-10-6-3-7-11-23/h2-11,14-16,19H,12-13,17-18H2,1H3,(H,28,30)/t19-/m1/s1. The molecule has 0 saturated carbocycles. The van der Waals surface area contributed by atoms with Gasteiger partial charge in [0.1, 0.15) is 0 Å². The lowest BCUT2D eigenvalue weighted by atomic mass is 10.1. The van der Waals surface area contributed by atoms with Crippen molar-refractivity contribution in [2.75, 3.05) is 6.54 Å². The Labute approximate surface area is 205 Å². The fourth-order valence-corrected chi connectivity index (χ4v) is 5.25. The third-order valence-corrected chi connectivity index (χ3v) is 7.57. The zero-order chi connectivity index (χ0) is 23.8. The molecule has 3 rings (SSSR count). The van der Waals surface area contributed by atoms with Crippen LogP contribution in [0.25, 0.3) is 0 Å². The van der Waals surface area contributed by atoms with Crippen molar-refractivity contribution in [3.63, 3.8) is 0 Å². The van der Waals surface area contributed by atoms with Crippen LogP contribution in [0.15, 0.2) is 83.8 Å². The number of carbonyl (C=O) groups excluding carboxylic acids is 1. The van der Waals surface area contributed by atoms with Gasteiger partial charge < -0.3 is 5.32 Å². The molecule has 33 heavy (non-hydrogen) atoms. The number of hydrogen-bond acceptors (Lipinski definition) is 3. The van der Waals surface area contributed by atoms with E-state index >= 15 is 0 Å². The van der Waals surface area contributed by atoms with Crippen LogP contribution in [0.1, 0.15) is 24.5 Å². The summed E-state index contributed by atoms with van der Waals surface area (Å²) in [6.07, 6.45) is 1.55. The second-order valence-corrected chi connectivity index (χ2v) is 10.6. The van der Waals surface area contributed by atoms with E-state index in [1.165, 1.54) is 17.7 Å². The van der Waals surface area contributed by atoms with Crippen molar-refractivity contribution < 1.29 is 13.2 Å². The Hall–Kier alpha value is -2.38. The summed E-state index contributed by atoms with van der Waals surface area (Å²) in [6.45, 7) is 1.53. The maximum atomic E-state index is 13.3. The van der Waals surface area contributed by atoms with E-state index in [9.17, 15) is 13.2 Å². The first kappa shape index (κ1) is 25.2. The number of benzene rings is 3. The fraction of sp³-hybridized carbons (Fsp3) is 0.240. The first-order valence-electron chi connectivity index (χ1n) is 10.6. The van der Waals surface area contributed by atoms with E-state index in [-0.39, 0.29) is 29.9 Å². The number of hydrogen-bond donors (Lipinski definition) is 1. The lowest BCUT2D eigenvalue weighted by Gasteiger charge is -2.23. The quantitative estimate of drug-likeness (QED) is 0.406. The molecule has 0 unspecified atom stereocenters. The van der Waals surface area contributed by atoms with Crippen LogP contribution in [0, 0.1) is 0 Å². The molecule has 0 fully saturated rings. The largest absolute Gasteiger partial charge is 0.352 e. The lowest BCUT2D eigenvalue weighted by molar-refractivity contribution is -0.122. The smallest absolute Gasteiger partial charge is 0.243 e. The van der Waals surface area contributed by atoms with Gasteiger partial charge in [0, 0.05) is 22.6 Å². The summed E-state index contributed by atoms with van der Waals surface area (Å²) in [7, 11) is -3.93. The van der Waals surface area contributed by atoms with Gasteiger partial charge in [-0.2, -0.15) is 4.31 Å². The topological polar surface area (TPSA) is 66.5 Å². The molecule has 5 nitrogen and oxygen atoms in total. The van der Waals surface area contributed by atoms with E-state index in [2.05, 4.69) is 5.32 Å². The summed E-state index contributed by atoms with van der Waals surface area (Å²) in [5.41, 5.74) is 1.75. The molecule has 1 N–H and O–H groups in total. The van der Waals surface area contributed by atoms with Crippen LogP contribution >= 0.6 is 23.2 Å². The summed E-state index contributed by atoms with van der Waals surface area (Å²) < 4.78 is 27.8. The Balaban J connectivity index is 1.73. The molecule has 0 bridgehead atoms. The Kier molecular flexibility index (Phi) is 8.92. The molecule has 1 amide bonds. The molecule has 0 aliphatic carbocycles. The van der Waals surface area contributed by atoms with E-state index in [1.54, 1.807) is 36.4 Å². The highest BCUT2D eigenvalue weighted by molar-refractivity contribution is 7.89. The molecule has 3 aromatic rings. The SMILES string of the molecule is C[C@H](CCc1ccccc1)NC(=O)CN(Cc1ccc(Cl)cc1Cl)S(=O)(=O)c1ccccc1. The summed E-state index contributed by atoms with van der Waals surface area (Å²) in [5.74, 6) is -0.375. The predicted octanol–water partition coefficient (Wildman–Crippen LogP) is 5.32. The van der Waals surface area contributed by atoms with Gasteiger partial charge in [0.15, 0.2) is 0 Å². The van der Waals surface area contributed by atoms with Gasteiger partial charge in [-0.1, -0.05) is 77.8 Å². The highest BCUT2D eigenvalue weighted by Crippen LogP contribution is 2.25. The van der Waals surface area contributed by atoms with Crippen molar-refractivity contribution in [2.45, 2.75) is 37.2 Å². The van der Waals surface area contributed by atoms with Gasteiger partial charge in [-0.25, -0.2) is 8.42 Å². The van der Waals surface area contributed by atoms with Crippen LogP contribution in [-0.2, 0) is 27.8 Å². The average Bonchev–Trinajstić information content (AvgIpc) is 2.80. The molecule has 0 saturated heterocycles. The maximum Gasteiger partial charge on any atom is 0.243 e. The average molecular weight is 505 g/mol. The van der Waals surface area contributed by atoms with E-state index < -0.39 is 10.0 Å². The monoisotopic (exact) mass is 504 g/mol. The van der Waals surface area contributed by atoms with Crippen LogP contribution in [0.2, 0.25) is 10.0 Å². The highest BCUT2D eigenvalue weighted by Gasteiger charge is 2.27. The maximum absolute atomic E-state index is 13.3. The molecular formula is C25H26Cl2N2O3S. The predicted molar refractivity (Wildman–Crippen MR) is 133 cm³/mol. The van der Waals surface area contributed by atoms with Crippen LogP contribution in [-0.4, -0.2) is 31.2 Å². The minimum Gasteiger partial charge on any atom is -0.352 e. The first-order chi connectivity index (χ1) is 15.8. The molecule has 1 atom stereocenters. The highest BCUT2D eigenvalue weighted by atomic mass is 35.5. The van der Waals surface area contributed by atoms with Gasteiger partial charge >= 0.3 is 0 Å². The Morgan fingerprint density at radius 2 is 1.61 bits per heavy atom. The van der Waals surface area contributed by atoms with Crippen LogP contribution < -0.4 is 5.32 Å². The molecule has 0 radical (unpaired) electrons. The van der Waals surface area contributed by atoms with Crippen molar-refractivity contribution in [3.8, 4) is 0 Å². The lowest BCUT2D eigenvalue weighted by Crippen LogP contribution is -2.43. The molecular weight excluding hydrogens is 479 g/mol. The van der Waals surface area contributed by atoms with E-state index in [4.69, 9.17) is 23.2 Å². The van der Waals surface area contributed by atoms with Gasteiger partial charge in [0.05, 0.1) is 11.4 Å². The number of rotatable bonds is 10. The van der Waals surface area contributed by atoms with Gasteiger partial charge in [0.2, 0.25) is 15.9 Å². The summed E-state index contributed by atoms with van der Waals surface area (Å²) in [6, 6.07) is 22.8. The molecule has 0 aliphatic heterocycles. The van der Waals surface area contributed by atoms with Crippen molar-refractivity contribution >= 4 is 39.1 Å². The van der Waals surface area contributed by atoms with Crippen LogP contribution in [0.3, 0.4) is 0 Å². The molecule has 0 aromatic heterocycles. The number of amides is 1. The first-order valence-corrected chi connectivity index (χ1v) is 12.8. The van der Waals surface area contributed by atoms with Crippen LogP contribution in [0.4, 0.5) is 0 Å². The van der Waals surface area contributed by atoms with Crippen molar-refractivity contribution in [3.05, 3.63) is 100 Å². The third kappa shape index (κ3) is 7.30. The van der Waals surface area contributed by atoms with Crippen molar-refractivity contribution in [2.24, 2.45) is 0 Å². The number of carbonyl (C=O) groups is 1. The number of aryl methyl sites for hydroxylation is 1. The second-order valence-electron chi connectivity index (χ2n) is 7.81. The van der Waals surface area contributed by atoms with Crippen molar-refractivity contribution in [1.82, 2.24) is 9.62 Å². The van der Waals surface area contributed by atoms with E-state index in [1.807, 2.05) is 37.3 Å². The summed E-state index contributed by atoms with van der Waals surface area (Å²) >= 11 is 12.3. The van der Waals surface area contributed by atoms with E-state index in [0.29, 0.717) is 15.6 Å². The normalized spacial score (nSPS) is 12.5. The van der Waals surface area contributed by atoms with Gasteiger partial charge in [0.25, 0.3) is 0 Å². The minimum absolute atomic E-state index is 0.0565. The Morgan fingerprint density at radius 3 is 2.24 bits per heavy atom. The summed E-state index contributed by atoms with van der Waals surface area (Å²) in [5, 5.41) is 3.70. The fourth-order valence-electron chi connectivity index (χ4n) is 3.39. The molecule has 0 aliphatic rings.